The third kappa shape index (κ3) is 11.1. The van der Waals surface area contributed by atoms with Gasteiger partial charge in [0.1, 0.15) is 11.4 Å². The highest BCUT2D eigenvalue weighted by atomic mass is 79.9. The molecule has 0 bridgehead atoms. The summed E-state index contributed by atoms with van der Waals surface area (Å²) in [6.45, 7) is 7.50. The maximum atomic E-state index is 11.2. The molecule has 7 heteroatoms. The number of hydrogen-bond donors (Lipinski definition) is 3. The average Bonchev–Trinajstić information content (AvgIpc) is 2.38. The largest absolute Gasteiger partial charge is 0.460 e. The fourth-order valence-corrected chi connectivity index (χ4v) is 1.91. The molecule has 0 amide bonds. The molecule has 0 aliphatic heterocycles. The first kappa shape index (κ1) is 20.4. The van der Waals surface area contributed by atoms with Gasteiger partial charge >= 0.3 is 5.97 Å². The van der Waals surface area contributed by atoms with E-state index in [1.807, 2.05) is 32.9 Å². The Morgan fingerprint density at radius 3 is 2.36 bits per heavy atom. The van der Waals surface area contributed by atoms with E-state index in [-0.39, 0.29) is 12.4 Å². The van der Waals surface area contributed by atoms with Crippen molar-refractivity contribution >= 4 is 27.7 Å². The molecule has 6 nitrogen and oxygen atoms in total. The number of aryl methyl sites for hydroxylation is 1. The van der Waals surface area contributed by atoms with Crippen LogP contribution in [0.15, 0.2) is 33.8 Å². The Hall–Kier alpha value is -1.60. The summed E-state index contributed by atoms with van der Waals surface area (Å²) in [5.41, 5.74) is 3.11. The summed E-state index contributed by atoms with van der Waals surface area (Å²) >= 11 is 3.36. The van der Waals surface area contributed by atoms with Crippen molar-refractivity contribution in [1.82, 2.24) is 5.43 Å². The highest BCUT2D eigenvalue weighted by molar-refractivity contribution is 9.10. The minimum absolute atomic E-state index is 0.206. The number of rotatable bonds is 3. The molecule has 0 aliphatic carbocycles. The Morgan fingerprint density at radius 1 is 1.36 bits per heavy atom. The van der Waals surface area contributed by atoms with Crippen LogP contribution in [0.4, 0.5) is 0 Å². The maximum absolute atomic E-state index is 11.2. The summed E-state index contributed by atoms with van der Waals surface area (Å²) in [5, 5.41) is 3.35. The van der Waals surface area contributed by atoms with E-state index in [1.54, 1.807) is 0 Å². The molecule has 22 heavy (non-hydrogen) atoms. The minimum atomic E-state index is -0.465. The molecular weight excluding hydrogens is 348 g/mol. The normalized spacial score (nSPS) is 11.3. The lowest BCUT2D eigenvalue weighted by Crippen LogP contribution is -2.32. The average molecular weight is 373 g/mol. The van der Waals surface area contributed by atoms with Crippen molar-refractivity contribution in [3.05, 3.63) is 34.3 Å². The van der Waals surface area contributed by atoms with E-state index in [9.17, 15) is 4.79 Å². The quantitative estimate of drug-likeness (QED) is 0.248. The number of benzene rings is 1. The van der Waals surface area contributed by atoms with E-state index < -0.39 is 5.60 Å². The van der Waals surface area contributed by atoms with E-state index in [0.29, 0.717) is 12.3 Å². The van der Waals surface area contributed by atoms with E-state index in [2.05, 4.69) is 45.5 Å². The zero-order chi connectivity index (χ0) is 17.2. The number of esters is 1. The van der Waals surface area contributed by atoms with Crippen molar-refractivity contribution in [2.45, 2.75) is 46.1 Å². The highest BCUT2D eigenvalue weighted by Crippen LogP contribution is 2.10. The van der Waals surface area contributed by atoms with E-state index >= 15 is 0 Å². The van der Waals surface area contributed by atoms with Crippen molar-refractivity contribution in [2.75, 3.05) is 0 Å². The number of halogens is 1. The molecule has 0 unspecified atom stereocenters. The number of nitrogens with two attached hydrogens (primary N) is 2. The first-order chi connectivity index (χ1) is 10.2. The van der Waals surface area contributed by atoms with Crippen LogP contribution in [-0.2, 0) is 9.53 Å². The van der Waals surface area contributed by atoms with Crippen LogP contribution in [0.25, 0.3) is 0 Å². The fourth-order valence-electron chi connectivity index (χ4n) is 1.39. The molecule has 0 aliphatic rings. The zero-order valence-corrected chi connectivity index (χ0v) is 15.1. The summed E-state index contributed by atoms with van der Waals surface area (Å²) in [7, 11) is 0. The fraction of sp³-hybridized carbons (Fsp3) is 0.467. The first-order valence-corrected chi connectivity index (χ1v) is 7.64. The lowest BCUT2D eigenvalue weighted by Gasteiger charge is -2.19. The molecule has 0 saturated carbocycles. The van der Waals surface area contributed by atoms with Gasteiger partial charge in [-0.25, -0.2) is 5.84 Å². The molecule has 1 rings (SSSR count). The number of nitrogens with zero attached hydrogens (tertiary/aromatic N) is 1. The van der Waals surface area contributed by atoms with Crippen molar-refractivity contribution in [3.63, 3.8) is 0 Å². The van der Waals surface area contributed by atoms with Crippen LogP contribution in [0, 0.1) is 6.92 Å². The van der Waals surface area contributed by atoms with Crippen LogP contribution in [0.1, 0.15) is 39.2 Å². The molecule has 0 atom stereocenters. The van der Waals surface area contributed by atoms with Crippen LogP contribution < -0.4 is 17.1 Å². The molecule has 1 aromatic carbocycles. The zero-order valence-electron chi connectivity index (χ0n) is 13.5. The van der Waals surface area contributed by atoms with Gasteiger partial charge in [-0.15, -0.1) is 0 Å². The molecule has 0 aromatic heterocycles. The van der Waals surface area contributed by atoms with Gasteiger partial charge in [0.05, 0.1) is 6.42 Å². The van der Waals surface area contributed by atoms with Gasteiger partial charge in [0.25, 0.3) is 0 Å². The number of nitrogens with one attached hydrogen (secondary N) is 1. The van der Waals surface area contributed by atoms with Gasteiger partial charge in [-0.1, -0.05) is 33.6 Å². The number of carbonyl (C=O) groups is 1. The Morgan fingerprint density at radius 2 is 2.00 bits per heavy atom. The Kier molecular flexibility index (Phi) is 9.44. The summed E-state index contributed by atoms with van der Waals surface area (Å²) in [6.07, 6.45) is 0.555. The lowest BCUT2D eigenvalue weighted by atomic mass is 10.2. The Balaban J connectivity index is 0.000000461. The highest BCUT2D eigenvalue weighted by Gasteiger charge is 2.16. The standard InChI is InChI=1S/C8H18N4O2.C7H7Br/c1-8(2,3)14-7(13)5-4-6(11-9)12-10;1-6-3-2-4-7(8)5-6/h4-5,9-10H2,1-3H3,(H,11,12);2-5H,1H3. The Labute approximate surface area is 140 Å². The predicted molar refractivity (Wildman–Crippen MR) is 92.9 cm³/mol. The molecule has 124 valence electrons. The molecule has 0 spiro atoms. The van der Waals surface area contributed by atoms with E-state index in [1.165, 1.54) is 5.56 Å². The molecule has 1 aromatic rings. The second-order valence-corrected chi connectivity index (χ2v) is 6.52. The van der Waals surface area contributed by atoms with Gasteiger partial charge in [0.2, 0.25) is 0 Å². The van der Waals surface area contributed by atoms with E-state index in [4.69, 9.17) is 16.4 Å². The first-order valence-electron chi connectivity index (χ1n) is 6.85. The molecular formula is C15H25BrN4O2. The lowest BCUT2D eigenvalue weighted by molar-refractivity contribution is -0.154. The van der Waals surface area contributed by atoms with Gasteiger partial charge in [0.15, 0.2) is 0 Å². The molecule has 0 saturated heterocycles. The molecule has 5 N–H and O–H groups in total. The second-order valence-electron chi connectivity index (χ2n) is 5.61. The van der Waals surface area contributed by atoms with Crippen LogP contribution in [-0.4, -0.2) is 17.4 Å². The molecule has 0 fully saturated rings. The minimum Gasteiger partial charge on any atom is -0.460 e. The predicted octanol–water partition coefficient (Wildman–Crippen LogP) is 2.60. The molecule has 0 radical (unpaired) electrons. The Bertz CT molecular complexity index is 481. The van der Waals surface area contributed by atoms with Gasteiger partial charge < -0.3 is 16.0 Å². The van der Waals surface area contributed by atoms with Gasteiger partial charge in [-0.3, -0.25) is 4.79 Å². The van der Waals surface area contributed by atoms with Gasteiger partial charge in [0, 0.05) is 10.9 Å². The topological polar surface area (TPSA) is 103 Å². The van der Waals surface area contributed by atoms with Crippen molar-refractivity contribution in [2.24, 2.45) is 16.8 Å². The smallest absolute Gasteiger partial charge is 0.306 e. The summed E-state index contributed by atoms with van der Waals surface area (Å²) in [6, 6.07) is 8.21. The third-order valence-electron chi connectivity index (χ3n) is 2.29. The van der Waals surface area contributed by atoms with Crippen LogP contribution in [0.5, 0.6) is 0 Å². The summed E-state index contributed by atoms with van der Waals surface area (Å²) in [5.74, 6) is 10.1. The number of carbonyl (C=O) groups excluding carboxylic acids is 1. The van der Waals surface area contributed by atoms with Crippen LogP contribution >= 0.6 is 15.9 Å². The van der Waals surface area contributed by atoms with Crippen LogP contribution in [0.3, 0.4) is 0 Å². The SMILES string of the molecule is CC(C)(C)OC(=O)CC/C(=N/N)NN.Cc1cccc(Br)c1. The number of hydrogen-bond acceptors (Lipinski definition) is 5. The van der Waals surface area contributed by atoms with E-state index in [0.717, 1.165) is 4.47 Å². The second kappa shape index (κ2) is 10.2. The number of hydrazone groups is 1. The maximum Gasteiger partial charge on any atom is 0.306 e. The van der Waals surface area contributed by atoms with Crippen molar-refractivity contribution in [3.8, 4) is 0 Å². The van der Waals surface area contributed by atoms with Crippen LogP contribution in [0.2, 0.25) is 0 Å². The van der Waals surface area contributed by atoms with Gasteiger partial charge in [-0.2, -0.15) is 5.10 Å². The summed E-state index contributed by atoms with van der Waals surface area (Å²) < 4.78 is 6.22. The summed E-state index contributed by atoms with van der Waals surface area (Å²) in [4.78, 5) is 11.2. The monoisotopic (exact) mass is 372 g/mol. The number of amidine groups is 1. The third-order valence-corrected chi connectivity index (χ3v) is 2.78. The molecule has 0 heterocycles. The van der Waals surface area contributed by atoms with Crippen molar-refractivity contribution < 1.29 is 9.53 Å². The number of hydrazine groups is 1. The van der Waals surface area contributed by atoms with Gasteiger partial charge in [-0.05, 0) is 39.8 Å². The number of ether oxygens (including phenoxy) is 1. The van der Waals surface area contributed by atoms with Crippen molar-refractivity contribution in [1.29, 1.82) is 0 Å².